The van der Waals surface area contributed by atoms with E-state index in [4.69, 9.17) is 0 Å². The van der Waals surface area contributed by atoms with E-state index in [1.54, 1.807) is 6.92 Å². The van der Waals surface area contributed by atoms with Crippen LogP contribution in [0.5, 0.6) is 0 Å². The fourth-order valence-electron chi connectivity index (χ4n) is 0.699. The van der Waals surface area contributed by atoms with Crippen LogP contribution in [0.3, 0.4) is 0 Å². The SMILES string of the molecule is CC.CCOC(=O)CNC(=O)CCCBr. The Morgan fingerprint density at radius 2 is 1.93 bits per heavy atom. The number of amides is 1. The number of carbonyl (C=O) groups is 2. The summed E-state index contributed by atoms with van der Waals surface area (Å²) in [6.45, 7) is 6.04. The Bertz CT molecular complexity index is 174. The zero-order valence-electron chi connectivity index (χ0n) is 9.64. The van der Waals surface area contributed by atoms with Crippen LogP contribution in [-0.4, -0.2) is 30.4 Å². The van der Waals surface area contributed by atoms with Crippen LogP contribution in [0.4, 0.5) is 0 Å². The summed E-state index contributed by atoms with van der Waals surface area (Å²) in [7, 11) is 0. The molecule has 0 fully saturated rings. The first kappa shape index (κ1) is 16.8. The third-order valence-corrected chi connectivity index (χ3v) is 1.83. The Hall–Kier alpha value is -0.580. The van der Waals surface area contributed by atoms with Gasteiger partial charge in [0, 0.05) is 11.8 Å². The van der Waals surface area contributed by atoms with Crippen molar-refractivity contribution in [1.82, 2.24) is 5.32 Å². The molecule has 0 spiro atoms. The molecule has 0 aromatic rings. The molecule has 0 aliphatic rings. The maximum Gasteiger partial charge on any atom is 0.325 e. The van der Waals surface area contributed by atoms with E-state index >= 15 is 0 Å². The van der Waals surface area contributed by atoms with Gasteiger partial charge in [-0.2, -0.15) is 0 Å². The molecule has 4 nitrogen and oxygen atoms in total. The van der Waals surface area contributed by atoms with Crippen LogP contribution in [-0.2, 0) is 14.3 Å². The van der Waals surface area contributed by atoms with Gasteiger partial charge in [0.15, 0.2) is 0 Å². The number of rotatable bonds is 6. The second-order valence-corrected chi connectivity index (χ2v) is 3.17. The van der Waals surface area contributed by atoms with Gasteiger partial charge in [0.05, 0.1) is 6.61 Å². The maximum absolute atomic E-state index is 11.0. The van der Waals surface area contributed by atoms with E-state index in [0.29, 0.717) is 13.0 Å². The smallest absolute Gasteiger partial charge is 0.325 e. The average molecular weight is 282 g/mol. The van der Waals surface area contributed by atoms with E-state index in [9.17, 15) is 9.59 Å². The quantitative estimate of drug-likeness (QED) is 0.597. The lowest BCUT2D eigenvalue weighted by Gasteiger charge is -2.03. The molecular weight excluding hydrogens is 262 g/mol. The summed E-state index contributed by atoms with van der Waals surface area (Å²) < 4.78 is 4.63. The summed E-state index contributed by atoms with van der Waals surface area (Å²) in [5, 5.41) is 3.26. The topological polar surface area (TPSA) is 55.4 Å². The largest absolute Gasteiger partial charge is 0.465 e. The van der Waals surface area contributed by atoms with E-state index in [0.717, 1.165) is 11.8 Å². The highest BCUT2D eigenvalue weighted by Gasteiger charge is 2.04. The Labute approximate surface area is 99.9 Å². The van der Waals surface area contributed by atoms with Crippen molar-refractivity contribution < 1.29 is 14.3 Å². The highest BCUT2D eigenvalue weighted by molar-refractivity contribution is 9.09. The molecular formula is C10H20BrNO3. The highest BCUT2D eigenvalue weighted by Crippen LogP contribution is 1.92. The molecule has 0 atom stereocenters. The molecule has 0 heterocycles. The fraction of sp³-hybridized carbons (Fsp3) is 0.800. The normalized spacial score (nSPS) is 8.53. The van der Waals surface area contributed by atoms with Crippen LogP contribution in [0.1, 0.15) is 33.6 Å². The minimum absolute atomic E-state index is 0.0328. The van der Waals surface area contributed by atoms with Gasteiger partial charge in [-0.05, 0) is 13.3 Å². The van der Waals surface area contributed by atoms with Crippen LogP contribution in [0.25, 0.3) is 0 Å². The van der Waals surface area contributed by atoms with Crippen LogP contribution in [0.2, 0.25) is 0 Å². The van der Waals surface area contributed by atoms with Crippen LogP contribution >= 0.6 is 15.9 Å². The van der Waals surface area contributed by atoms with E-state index in [1.807, 2.05) is 13.8 Å². The van der Waals surface area contributed by atoms with Crippen molar-refractivity contribution in [1.29, 1.82) is 0 Å². The Morgan fingerprint density at radius 1 is 1.33 bits per heavy atom. The van der Waals surface area contributed by atoms with E-state index in [1.165, 1.54) is 0 Å². The lowest BCUT2D eigenvalue weighted by molar-refractivity contribution is -0.143. The third-order valence-electron chi connectivity index (χ3n) is 1.27. The molecule has 0 rings (SSSR count). The Morgan fingerprint density at radius 3 is 2.40 bits per heavy atom. The van der Waals surface area contributed by atoms with Gasteiger partial charge >= 0.3 is 5.97 Å². The summed E-state index contributed by atoms with van der Waals surface area (Å²) >= 11 is 3.21. The summed E-state index contributed by atoms with van der Waals surface area (Å²) in [4.78, 5) is 21.7. The van der Waals surface area contributed by atoms with Gasteiger partial charge in [0.2, 0.25) is 5.91 Å². The number of alkyl halides is 1. The number of nitrogens with one attached hydrogen (secondary N) is 1. The Kier molecular flexibility index (Phi) is 15.1. The molecule has 0 aliphatic carbocycles. The zero-order chi connectivity index (χ0) is 12.1. The van der Waals surface area contributed by atoms with Crippen molar-refractivity contribution in [3.63, 3.8) is 0 Å². The predicted octanol–water partition coefficient (Wildman–Crippen LogP) is 1.87. The van der Waals surface area contributed by atoms with Gasteiger partial charge in [0.1, 0.15) is 6.54 Å². The van der Waals surface area contributed by atoms with Crippen molar-refractivity contribution in [2.24, 2.45) is 0 Å². The first-order valence-corrected chi connectivity index (χ1v) is 6.31. The van der Waals surface area contributed by atoms with Gasteiger partial charge in [-0.3, -0.25) is 9.59 Å². The van der Waals surface area contributed by atoms with E-state index < -0.39 is 5.97 Å². The molecule has 0 aromatic heterocycles. The lowest BCUT2D eigenvalue weighted by Crippen LogP contribution is -2.30. The molecule has 0 unspecified atom stereocenters. The number of halogens is 1. The van der Waals surface area contributed by atoms with Crippen molar-refractivity contribution in [3.8, 4) is 0 Å². The number of carbonyl (C=O) groups excluding carboxylic acids is 2. The fourth-order valence-corrected chi connectivity index (χ4v) is 0.979. The van der Waals surface area contributed by atoms with Gasteiger partial charge in [-0.15, -0.1) is 0 Å². The zero-order valence-corrected chi connectivity index (χ0v) is 11.2. The molecule has 0 saturated carbocycles. The van der Waals surface area contributed by atoms with E-state index in [-0.39, 0.29) is 12.5 Å². The van der Waals surface area contributed by atoms with Gasteiger partial charge in [-0.1, -0.05) is 29.8 Å². The standard InChI is InChI=1S/C8H14BrNO3.C2H6/c1-2-13-8(12)6-10-7(11)4-3-5-9;1-2/h2-6H2,1H3,(H,10,11);1-2H3. The summed E-state index contributed by atoms with van der Waals surface area (Å²) in [5.41, 5.74) is 0. The van der Waals surface area contributed by atoms with Crippen LogP contribution < -0.4 is 5.32 Å². The molecule has 15 heavy (non-hydrogen) atoms. The molecule has 0 aromatic carbocycles. The Balaban J connectivity index is 0. The minimum Gasteiger partial charge on any atom is -0.465 e. The summed E-state index contributed by atoms with van der Waals surface area (Å²) in [6.07, 6.45) is 1.21. The first-order chi connectivity index (χ1) is 7.20. The second-order valence-electron chi connectivity index (χ2n) is 2.37. The highest BCUT2D eigenvalue weighted by atomic mass is 79.9. The maximum atomic E-state index is 11.0. The molecule has 0 saturated heterocycles. The minimum atomic E-state index is -0.394. The first-order valence-electron chi connectivity index (χ1n) is 5.19. The van der Waals surface area contributed by atoms with Gasteiger partial charge in [-0.25, -0.2) is 0 Å². The van der Waals surface area contributed by atoms with Crippen LogP contribution in [0, 0.1) is 0 Å². The van der Waals surface area contributed by atoms with Crippen molar-refractivity contribution in [2.75, 3.05) is 18.5 Å². The summed E-state index contributed by atoms with van der Waals surface area (Å²) in [5.74, 6) is -0.512. The van der Waals surface area contributed by atoms with E-state index in [2.05, 4.69) is 26.0 Å². The summed E-state index contributed by atoms with van der Waals surface area (Å²) in [6, 6.07) is 0. The molecule has 0 aliphatic heterocycles. The molecule has 90 valence electrons. The van der Waals surface area contributed by atoms with Crippen molar-refractivity contribution in [2.45, 2.75) is 33.6 Å². The number of ether oxygens (including phenoxy) is 1. The molecule has 0 bridgehead atoms. The number of hydrogen-bond donors (Lipinski definition) is 1. The van der Waals surface area contributed by atoms with Gasteiger partial charge in [0.25, 0.3) is 0 Å². The number of hydrogen-bond acceptors (Lipinski definition) is 3. The second kappa shape index (κ2) is 13.4. The molecule has 5 heteroatoms. The molecule has 1 amide bonds. The van der Waals surface area contributed by atoms with Crippen molar-refractivity contribution >= 4 is 27.8 Å². The average Bonchev–Trinajstić information content (AvgIpc) is 2.26. The van der Waals surface area contributed by atoms with Gasteiger partial charge < -0.3 is 10.1 Å². The monoisotopic (exact) mass is 281 g/mol. The van der Waals surface area contributed by atoms with Crippen molar-refractivity contribution in [3.05, 3.63) is 0 Å². The third kappa shape index (κ3) is 13.4. The lowest BCUT2D eigenvalue weighted by atomic mass is 10.3. The molecule has 0 radical (unpaired) electrons. The van der Waals surface area contributed by atoms with Crippen LogP contribution in [0.15, 0.2) is 0 Å². The number of esters is 1. The molecule has 1 N–H and O–H groups in total. The predicted molar refractivity (Wildman–Crippen MR) is 64.0 cm³/mol.